The van der Waals surface area contributed by atoms with Gasteiger partial charge in [0.15, 0.2) is 11.5 Å². The van der Waals surface area contributed by atoms with Crippen LogP contribution in [0, 0.1) is 0 Å². The molecule has 0 saturated carbocycles. The van der Waals surface area contributed by atoms with Gasteiger partial charge < -0.3 is 14.8 Å². The fourth-order valence-electron chi connectivity index (χ4n) is 1.65. The average Bonchev–Trinajstić information content (AvgIpc) is 2.90. The predicted molar refractivity (Wildman–Crippen MR) is 72.5 cm³/mol. The molecule has 0 aliphatic rings. The highest BCUT2D eigenvalue weighted by Crippen LogP contribution is 2.29. The lowest BCUT2D eigenvalue weighted by Gasteiger charge is -2.14. The second-order valence-corrected chi connectivity index (χ2v) is 4.34. The number of methoxy groups -OCH3 is 1. The van der Waals surface area contributed by atoms with Gasteiger partial charge in [-0.05, 0) is 31.5 Å². The van der Waals surface area contributed by atoms with E-state index in [4.69, 9.17) is 9.47 Å². The monoisotopic (exact) mass is 262 g/mol. The molecule has 1 aromatic carbocycles. The molecular formula is C13H18N4O2. The summed E-state index contributed by atoms with van der Waals surface area (Å²) in [5.74, 6) is 2.12. The maximum atomic E-state index is 5.67. The Morgan fingerprint density at radius 1 is 1.32 bits per heavy atom. The minimum Gasteiger partial charge on any atom is -0.493 e. The molecule has 0 fully saturated rings. The van der Waals surface area contributed by atoms with Gasteiger partial charge in [0, 0.05) is 6.54 Å². The van der Waals surface area contributed by atoms with Gasteiger partial charge >= 0.3 is 0 Å². The van der Waals surface area contributed by atoms with E-state index in [1.54, 1.807) is 7.11 Å². The first-order chi connectivity index (χ1) is 9.19. The van der Waals surface area contributed by atoms with E-state index in [-0.39, 0.29) is 6.10 Å². The highest BCUT2D eigenvalue weighted by Gasteiger charge is 2.07. The first kappa shape index (κ1) is 13.2. The Balaban J connectivity index is 2.05. The van der Waals surface area contributed by atoms with Gasteiger partial charge in [0.05, 0.1) is 13.2 Å². The summed E-state index contributed by atoms with van der Waals surface area (Å²) in [6.07, 6.45) is 1.58. The van der Waals surface area contributed by atoms with Gasteiger partial charge in [0.1, 0.15) is 6.33 Å². The number of nitrogens with zero attached hydrogens (tertiary/aromatic N) is 2. The summed E-state index contributed by atoms with van der Waals surface area (Å²) in [7, 11) is 1.64. The zero-order valence-electron chi connectivity index (χ0n) is 11.3. The van der Waals surface area contributed by atoms with Crippen LogP contribution in [0.2, 0.25) is 0 Å². The Labute approximate surface area is 112 Å². The molecule has 0 atom stereocenters. The normalized spacial score (nSPS) is 10.5. The van der Waals surface area contributed by atoms with Crippen molar-refractivity contribution in [3.8, 4) is 11.5 Å². The fraction of sp³-hybridized carbons (Fsp3) is 0.385. The fourth-order valence-corrected chi connectivity index (χ4v) is 1.65. The van der Waals surface area contributed by atoms with Crippen LogP contribution in [0.25, 0.3) is 0 Å². The van der Waals surface area contributed by atoms with E-state index in [9.17, 15) is 0 Å². The number of hydrogen-bond acceptors (Lipinski definition) is 5. The molecule has 102 valence electrons. The van der Waals surface area contributed by atoms with Crippen molar-refractivity contribution in [2.24, 2.45) is 0 Å². The van der Waals surface area contributed by atoms with Crippen molar-refractivity contribution in [3.63, 3.8) is 0 Å². The molecule has 19 heavy (non-hydrogen) atoms. The van der Waals surface area contributed by atoms with Crippen LogP contribution in [0.1, 0.15) is 19.4 Å². The van der Waals surface area contributed by atoms with Gasteiger partial charge in [-0.2, -0.15) is 5.10 Å². The lowest BCUT2D eigenvalue weighted by atomic mass is 10.2. The summed E-state index contributed by atoms with van der Waals surface area (Å²) in [5.41, 5.74) is 1.07. The van der Waals surface area contributed by atoms with Gasteiger partial charge in [-0.15, -0.1) is 0 Å². The molecule has 1 heterocycles. The number of anilines is 1. The number of aromatic nitrogens is 3. The number of H-pyrrole nitrogens is 1. The third kappa shape index (κ3) is 3.61. The van der Waals surface area contributed by atoms with Crippen LogP contribution in [-0.2, 0) is 6.54 Å². The van der Waals surface area contributed by atoms with Crippen LogP contribution in [0.4, 0.5) is 5.95 Å². The van der Waals surface area contributed by atoms with Crippen LogP contribution < -0.4 is 14.8 Å². The van der Waals surface area contributed by atoms with Crippen molar-refractivity contribution in [3.05, 3.63) is 30.1 Å². The third-order valence-electron chi connectivity index (χ3n) is 2.47. The number of ether oxygens (including phenoxy) is 2. The van der Waals surface area contributed by atoms with E-state index in [1.807, 2.05) is 32.0 Å². The molecule has 0 bridgehead atoms. The molecule has 0 aliphatic carbocycles. The molecule has 0 unspecified atom stereocenters. The minimum absolute atomic E-state index is 0.118. The van der Waals surface area contributed by atoms with E-state index < -0.39 is 0 Å². The quantitative estimate of drug-likeness (QED) is 0.835. The number of aromatic amines is 1. The maximum absolute atomic E-state index is 5.67. The van der Waals surface area contributed by atoms with Gasteiger partial charge in [0.25, 0.3) is 0 Å². The van der Waals surface area contributed by atoms with Gasteiger partial charge in [-0.1, -0.05) is 6.07 Å². The second-order valence-electron chi connectivity index (χ2n) is 4.34. The van der Waals surface area contributed by atoms with E-state index in [0.717, 1.165) is 17.1 Å². The molecule has 2 N–H and O–H groups in total. The standard InChI is InChI=1S/C13H18N4O2/c1-9(2)19-11-5-4-10(6-12(11)18-3)7-14-13-15-8-16-17-13/h4-6,8-9H,7H2,1-3H3,(H2,14,15,16,17). The Bertz CT molecular complexity index is 511. The summed E-state index contributed by atoms with van der Waals surface area (Å²) in [6.45, 7) is 4.60. The zero-order valence-corrected chi connectivity index (χ0v) is 11.3. The van der Waals surface area contributed by atoms with E-state index in [1.165, 1.54) is 6.33 Å². The topological polar surface area (TPSA) is 72.1 Å². The van der Waals surface area contributed by atoms with Gasteiger partial charge in [-0.3, -0.25) is 0 Å². The molecule has 2 rings (SSSR count). The molecule has 6 heteroatoms. The van der Waals surface area contributed by atoms with Crippen molar-refractivity contribution in [1.29, 1.82) is 0 Å². The molecule has 0 spiro atoms. The lowest BCUT2D eigenvalue weighted by Crippen LogP contribution is -2.07. The Morgan fingerprint density at radius 3 is 2.79 bits per heavy atom. The molecular weight excluding hydrogens is 244 g/mol. The summed E-state index contributed by atoms with van der Waals surface area (Å²) in [6, 6.07) is 5.85. The first-order valence-electron chi connectivity index (χ1n) is 6.12. The number of hydrogen-bond donors (Lipinski definition) is 2. The number of nitrogens with one attached hydrogen (secondary N) is 2. The van der Waals surface area contributed by atoms with Crippen LogP contribution in [0.5, 0.6) is 11.5 Å². The second kappa shape index (κ2) is 6.08. The van der Waals surface area contributed by atoms with E-state index >= 15 is 0 Å². The minimum atomic E-state index is 0.118. The molecule has 1 aromatic heterocycles. The number of benzene rings is 1. The Hall–Kier alpha value is -2.24. The van der Waals surface area contributed by atoms with Gasteiger partial charge in [-0.25, -0.2) is 10.1 Å². The van der Waals surface area contributed by atoms with E-state index in [0.29, 0.717) is 12.5 Å². The summed E-state index contributed by atoms with van der Waals surface area (Å²) in [5, 5.41) is 9.64. The Morgan fingerprint density at radius 2 is 2.16 bits per heavy atom. The number of rotatable bonds is 6. The zero-order chi connectivity index (χ0) is 13.7. The summed E-state index contributed by atoms with van der Waals surface area (Å²) >= 11 is 0. The van der Waals surface area contributed by atoms with Crippen molar-refractivity contribution in [2.75, 3.05) is 12.4 Å². The highest BCUT2D eigenvalue weighted by molar-refractivity contribution is 5.43. The third-order valence-corrected chi connectivity index (χ3v) is 2.47. The first-order valence-corrected chi connectivity index (χ1v) is 6.12. The van der Waals surface area contributed by atoms with Crippen molar-refractivity contribution in [2.45, 2.75) is 26.5 Å². The van der Waals surface area contributed by atoms with Crippen molar-refractivity contribution < 1.29 is 9.47 Å². The van der Waals surface area contributed by atoms with Gasteiger partial charge in [0.2, 0.25) is 5.95 Å². The summed E-state index contributed by atoms with van der Waals surface area (Å²) in [4.78, 5) is 4.00. The largest absolute Gasteiger partial charge is 0.493 e. The summed E-state index contributed by atoms with van der Waals surface area (Å²) < 4.78 is 11.0. The molecule has 0 amide bonds. The van der Waals surface area contributed by atoms with Crippen LogP contribution in [0.3, 0.4) is 0 Å². The van der Waals surface area contributed by atoms with Crippen LogP contribution in [0.15, 0.2) is 24.5 Å². The molecule has 0 saturated heterocycles. The molecule has 0 aliphatic heterocycles. The highest BCUT2D eigenvalue weighted by atomic mass is 16.5. The Kier molecular flexibility index (Phi) is 4.22. The van der Waals surface area contributed by atoms with E-state index in [2.05, 4.69) is 20.5 Å². The SMILES string of the molecule is COc1cc(CNc2ncn[nH]2)ccc1OC(C)C. The lowest BCUT2D eigenvalue weighted by molar-refractivity contribution is 0.230. The smallest absolute Gasteiger partial charge is 0.218 e. The molecule has 2 aromatic rings. The predicted octanol–water partition coefficient (Wildman–Crippen LogP) is 2.21. The van der Waals surface area contributed by atoms with Crippen LogP contribution in [-0.4, -0.2) is 28.4 Å². The van der Waals surface area contributed by atoms with Crippen molar-refractivity contribution >= 4 is 5.95 Å². The van der Waals surface area contributed by atoms with Crippen LogP contribution >= 0.6 is 0 Å². The molecule has 6 nitrogen and oxygen atoms in total. The van der Waals surface area contributed by atoms with Crippen molar-refractivity contribution in [1.82, 2.24) is 15.2 Å². The maximum Gasteiger partial charge on any atom is 0.218 e. The molecule has 0 radical (unpaired) electrons. The average molecular weight is 262 g/mol.